The summed E-state index contributed by atoms with van der Waals surface area (Å²) in [6, 6.07) is 0. The lowest BCUT2D eigenvalue weighted by Gasteiger charge is -2.27. The van der Waals surface area contributed by atoms with Crippen molar-refractivity contribution in [1.82, 2.24) is 5.32 Å². The summed E-state index contributed by atoms with van der Waals surface area (Å²) < 4.78 is 0. The molecule has 0 fully saturated rings. The highest BCUT2D eigenvalue weighted by atomic mass is 14.8. The van der Waals surface area contributed by atoms with Crippen LogP contribution in [0.1, 0.15) is 53.9 Å². The minimum atomic E-state index is 0.465. The molecule has 0 aromatic heterocycles. The maximum Gasteiger partial charge on any atom is -0.00462 e. The fourth-order valence-electron chi connectivity index (χ4n) is 1.18. The molecule has 0 heterocycles. The van der Waals surface area contributed by atoms with Crippen molar-refractivity contribution in [2.75, 3.05) is 13.1 Å². The van der Waals surface area contributed by atoms with Crippen molar-refractivity contribution in [3.63, 3.8) is 0 Å². The van der Waals surface area contributed by atoms with E-state index in [9.17, 15) is 0 Å². The second kappa shape index (κ2) is 6.42. The summed E-state index contributed by atoms with van der Waals surface area (Å²) in [5, 5.41) is 3.49. The molecule has 1 N–H and O–H groups in total. The molecule has 13 heavy (non-hydrogen) atoms. The Bertz CT molecular complexity index is 113. The highest BCUT2D eigenvalue weighted by Crippen LogP contribution is 2.27. The van der Waals surface area contributed by atoms with E-state index in [1.54, 1.807) is 0 Å². The summed E-state index contributed by atoms with van der Waals surface area (Å²) in [5.41, 5.74) is 0.465. The summed E-state index contributed by atoms with van der Waals surface area (Å²) in [7, 11) is 0. The van der Waals surface area contributed by atoms with Gasteiger partial charge >= 0.3 is 0 Å². The van der Waals surface area contributed by atoms with Gasteiger partial charge in [0, 0.05) is 0 Å². The smallest absolute Gasteiger partial charge is 0.00462 e. The SMILES string of the molecule is CCCCNCCC(C)C(C)(C)C. The molecule has 1 nitrogen and oxygen atoms in total. The molecule has 0 aromatic carbocycles. The first-order chi connectivity index (χ1) is 5.98. The Kier molecular flexibility index (Phi) is 6.40. The summed E-state index contributed by atoms with van der Waals surface area (Å²) >= 11 is 0. The van der Waals surface area contributed by atoms with Gasteiger partial charge in [0.1, 0.15) is 0 Å². The highest BCUT2D eigenvalue weighted by molar-refractivity contribution is 4.70. The first kappa shape index (κ1) is 13.0. The van der Waals surface area contributed by atoms with Crippen LogP contribution in [-0.2, 0) is 0 Å². The molecule has 0 spiro atoms. The van der Waals surface area contributed by atoms with E-state index in [-0.39, 0.29) is 0 Å². The van der Waals surface area contributed by atoms with E-state index < -0.39 is 0 Å². The van der Waals surface area contributed by atoms with Crippen LogP contribution in [0.5, 0.6) is 0 Å². The van der Waals surface area contributed by atoms with Gasteiger partial charge in [-0.1, -0.05) is 41.0 Å². The van der Waals surface area contributed by atoms with Gasteiger partial charge in [0.05, 0.1) is 0 Å². The van der Waals surface area contributed by atoms with Crippen molar-refractivity contribution in [3.8, 4) is 0 Å². The quantitative estimate of drug-likeness (QED) is 0.625. The van der Waals surface area contributed by atoms with Crippen LogP contribution in [0, 0.1) is 11.3 Å². The zero-order chi connectivity index (χ0) is 10.3. The van der Waals surface area contributed by atoms with Crippen LogP contribution in [0.3, 0.4) is 0 Å². The van der Waals surface area contributed by atoms with E-state index in [1.807, 2.05) is 0 Å². The summed E-state index contributed by atoms with van der Waals surface area (Å²) in [4.78, 5) is 0. The van der Waals surface area contributed by atoms with Crippen molar-refractivity contribution in [2.24, 2.45) is 11.3 Å². The van der Waals surface area contributed by atoms with Gasteiger partial charge in [0.15, 0.2) is 0 Å². The van der Waals surface area contributed by atoms with E-state index in [1.165, 1.54) is 32.4 Å². The Morgan fingerprint density at radius 2 is 1.77 bits per heavy atom. The standard InChI is InChI=1S/C12H27N/c1-6-7-9-13-10-8-11(2)12(3,4)5/h11,13H,6-10H2,1-5H3. The van der Waals surface area contributed by atoms with E-state index in [4.69, 9.17) is 0 Å². The lowest BCUT2D eigenvalue weighted by atomic mass is 9.80. The summed E-state index contributed by atoms with van der Waals surface area (Å²) in [6.07, 6.45) is 3.90. The number of unbranched alkanes of at least 4 members (excludes halogenated alkanes) is 1. The van der Waals surface area contributed by atoms with Gasteiger partial charge in [-0.2, -0.15) is 0 Å². The topological polar surface area (TPSA) is 12.0 Å². The predicted octanol–water partition coefficient (Wildman–Crippen LogP) is 3.45. The Morgan fingerprint density at radius 1 is 1.15 bits per heavy atom. The van der Waals surface area contributed by atoms with Gasteiger partial charge in [-0.15, -0.1) is 0 Å². The number of hydrogen-bond donors (Lipinski definition) is 1. The number of nitrogens with one attached hydrogen (secondary N) is 1. The maximum absolute atomic E-state index is 3.49. The molecular formula is C12H27N. The zero-order valence-corrected chi connectivity index (χ0v) is 10.1. The number of hydrogen-bond acceptors (Lipinski definition) is 1. The number of rotatable bonds is 6. The predicted molar refractivity (Wildman–Crippen MR) is 61.0 cm³/mol. The molecule has 80 valence electrons. The first-order valence-corrected chi connectivity index (χ1v) is 5.69. The van der Waals surface area contributed by atoms with Crippen LogP contribution in [-0.4, -0.2) is 13.1 Å². The molecule has 0 rings (SSSR count). The molecule has 0 saturated carbocycles. The fourth-order valence-corrected chi connectivity index (χ4v) is 1.18. The Hall–Kier alpha value is -0.0400. The average Bonchev–Trinajstić information content (AvgIpc) is 2.02. The molecule has 0 aliphatic rings. The van der Waals surface area contributed by atoms with Crippen molar-refractivity contribution >= 4 is 0 Å². The van der Waals surface area contributed by atoms with Gasteiger partial charge < -0.3 is 5.32 Å². The zero-order valence-electron chi connectivity index (χ0n) is 10.1. The Balaban J connectivity index is 3.32. The van der Waals surface area contributed by atoms with Crippen LogP contribution >= 0.6 is 0 Å². The van der Waals surface area contributed by atoms with Crippen molar-refractivity contribution in [2.45, 2.75) is 53.9 Å². The van der Waals surface area contributed by atoms with Crippen molar-refractivity contribution in [1.29, 1.82) is 0 Å². The van der Waals surface area contributed by atoms with E-state index in [2.05, 4.69) is 39.9 Å². The molecule has 0 bridgehead atoms. The van der Waals surface area contributed by atoms with Crippen molar-refractivity contribution in [3.05, 3.63) is 0 Å². The molecule has 1 atom stereocenters. The fraction of sp³-hybridized carbons (Fsp3) is 1.00. The highest BCUT2D eigenvalue weighted by Gasteiger charge is 2.18. The molecule has 0 amide bonds. The van der Waals surface area contributed by atoms with Crippen LogP contribution < -0.4 is 5.32 Å². The van der Waals surface area contributed by atoms with Gasteiger partial charge in [-0.3, -0.25) is 0 Å². The molecule has 0 aromatic rings. The Labute approximate surface area is 84.3 Å². The molecule has 1 unspecified atom stereocenters. The second-order valence-electron chi connectivity index (χ2n) is 5.16. The first-order valence-electron chi connectivity index (χ1n) is 5.69. The molecular weight excluding hydrogens is 158 g/mol. The third-order valence-corrected chi connectivity index (χ3v) is 2.94. The van der Waals surface area contributed by atoms with Crippen LogP contribution in [0.2, 0.25) is 0 Å². The minimum Gasteiger partial charge on any atom is -0.317 e. The van der Waals surface area contributed by atoms with Crippen molar-refractivity contribution < 1.29 is 0 Å². The van der Waals surface area contributed by atoms with Crippen LogP contribution in [0.4, 0.5) is 0 Å². The van der Waals surface area contributed by atoms with Gasteiger partial charge in [-0.25, -0.2) is 0 Å². The largest absolute Gasteiger partial charge is 0.317 e. The van der Waals surface area contributed by atoms with Crippen LogP contribution in [0.25, 0.3) is 0 Å². The molecule has 0 aliphatic carbocycles. The van der Waals surface area contributed by atoms with E-state index in [0.717, 1.165) is 5.92 Å². The Morgan fingerprint density at radius 3 is 2.23 bits per heavy atom. The van der Waals surface area contributed by atoms with E-state index in [0.29, 0.717) is 5.41 Å². The molecule has 1 heteroatoms. The molecule has 0 radical (unpaired) electrons. The second-order valence-corrected chi connectivity index (χ2v) is 5.16. The van der Waals surface area contributed by atoms with Gasteiger partial charge in [0.25, 0.3) is 0 Å². The molecule has 0 aliphatic heterocycles. The third kappa shape index (κ3) is 7.06. The lowest BCUT2D eigenvalue weighted by Crippen LogP contribution is -2.24. The summed E-state index contributed by atoms with van der Waals surface area (Å²) in [5.74, 6) is 0.807. The maximum atomic E-state index is 3.49. The average molecular weight is 185 g/mol. The lowest BCUT2D eigenvalue weighted by molar-refractivity contribution is 0.245. The third-order valence-electron chi connectivity index (χ3n) is 2.94. The van der Waals surface area contributed by atoms with Gasteiger partial charge in [0.2, 0.25) is 0 Å². The molecule has 0 saturated heterocycles. The summed E-state index contributed by atoms with van der Waals surface area (Å²) in [6.45, 7) is 13.9. The normalized spacial score (nSPS) is 14.5. The monoisotopic (exact) mass is 185 g/mol. The minimum absolute atomic E-state index is 0.465. The van der Waals surface area contributed by atoms with Gasteiger partial charge in [-0.05, 0) is 37.3 Å². The van der Waals surface area contributed by atoms with Crippen LogP contribution in [0.15, 0.2) is 0 Å². The van der Waals surface area contributed by atoms with E-state index >= 15 is 0 Å².